The third kappa shape index (κ3) is 4.57. The molecule has 0 aromatic heterocycles. The van der Waals surface area contributed by atoms with Gasteiger partial charge in [0.2, 0.25) is 5.91 Å². The molecule has 1 spiro atoms. The Balaban J connectivity index is 1.29. The largest absolute Gasteiger partial charge is 0.380 e. The summed E-state index contributed by atoms with van der Waals surface area (Å²) in [6.07, 6.45) is 4.91. The molecule has 7 nitrogen and oxygen atoms in total. The topological polar surface area (TPSA) is 73.9 Å². The second kappa shape index (κ2) is 9.08. The lowest BCUT2D eigenvalue weighted by Gasteiger charge is -2.25. The summed E-state index contributed by atoms with van der Waals surface area (Å²) in [4.78, 5) is 30.4. The van der Waals surface area contributed by atoms with E-state index in [4.69, 9.17) is 4.74 Å². The molecule has 8 heteroatoms. The molecule has 2 heterocycles. The SMILES string of the molecule is Bc1ccc(NC(=O)N2CC(OC)CC2C(=O)Nc2ccc3c(c2)CCN(C)C2(CC2)C3)cc1. The number of likely N-dealkylation sites (N-methyl/N-ethyl adjacent to an activating group) is 1. The lowest BCUT2D eigenvalue weighted by molar-refractivity contribution is -0.119. The minimum atomic E-state index is -0.588. The first-order chi connectivity index (χ1) is 16.4. The van der Waals surface area contributed by atoms with Crippen molar-refractivity contribution >= 4 is 36.6 Å². The molecule has 2 atom stereocenters. The van der Waals surface area contributed by atoms with Crippen molar-refractivity contribution in [1.82, 2.24) is 9.80 Å². The van der Waals surface area contributed by atoms with E-state index in [1.165, 1.54) is 24.0 Å². The van der Waals surface area contributed by atoms with E-state index in [1.807, 2.05) is 38.2 Å². The average Bonchev–Trinajstić information content (AvgIpc) is 3.51. The minimum Gasteiger partial charge on any atom is -0.380 e. The van der Waals surface area contributed by atoms with Gasteiger partial charge >= 0.3 is 6.03 Å². The van der Waals surface area contributed by atoms with Gasteiger partial charge in [0.1, 0.15) is 13.9 Å². The van der Waals surface area contributed by atoms with Gasteiger partial charge in [-0.25, -0.2) is 4.79 Å². The Morgan fingerprint density at radius 1 is 1.06 bits per heavy atom. The van der Waals surface area contributed by atoms with Gasteiger partial charge in [-0.15, -0.1) is 0 Å². The molecule has 5 rings (SSSR count). The first-order valence-electron chi connectivity index (χ1n) is 12.2. The van der Waals surface area contributed by atoms with Crippen molar-refractivity contribution in [1.29, 1.82) is 0 Å². The number of nitrogens with one attached hydrogen (secondary N) is 2. The lowest BCUT2D eigenvalue weighted by Crippen LogP contribution is -2.45. The van der Waals surface area contributed by atoms with Crippen LogP contribution < -0.4 is 16.1 Å². The van der Waals surface area contributed by atoms with Gasteiger partial charge < -0.3 is 25.2 Å². The number of anilines is 2. The third-order valence-corrected chi connectivity index (χ3v) is 7.81. The number of hydrogen-bond donors (Lipinski definition) is 2. The first kappa shape index (κ1) is 22.9. The van der Waals surface area contributed by atoms with Gasteiger partial charge in [0.15, 0.2) is 0 Å². The fraction of sp³-hybridized carbons (Fsp3) is 0.462. The van der Waals surface area contributed by atoms with Crippen LogP contribution >= 0.6 is 0 Å². The number of methoxy groups -OCH3 is 1. The molecule has 0 bridgehead atoms. The van der Waals surface area contributed by atoms with Gasteiger partial charge in [0.25, 0.3) is 0 Å². The number of benzene rings is 2. The van der Waals surface area contributed by atoms with Crippen molar-refractivity contribution in [2.24, 2.45) is 0 Å². The highest BCUT2D eigenvalue weighted by molar-refractivity contribution is 6.32. The van der Waals surface area contributed by atoms with Crippen LogP contribution in [0, 0.1) is 0 Å². The number of likely N-dealkylation sites (tertiary alicyclic amines) is 1. The zero-order valence-electron chi connectivity index (χ0n) is 20.3. The second-order valence-corrected chi connectivity index (χ2v) is 10.1. The lowest BCUT2D eigenvalue weighted by atomic mass is 9.96. The molecule has 2 unspecified atom stereocenters. The van der Waals surface area contributed by atoms with Crippen LogP contribution in [0.2, 0.25) is 0 Å². The highest BCUT2D eigenvalue weighted by atomic mass is 16.5. The molecule has 2 fully saturated rings. The molecule has 1 saturated carbocycles. The van der Waals surface area contributed by atoms with Crippen molar-refractivity contribution in [3.8, 4) is 0 Å². The molecule has 1 aliphatic carbocycles. The maximum atomic E-state index is 13.3. The van der Waals surface area contributed by atoms with Crippen LogP contribution in [0.3, 0.4) is 0 Å². The normalized spacial score (nSPS) is 23.3. The number of carbonyl (C=O) groups is 2. The Kier molecular flexibility index (Phi) is 6.12. The maximum Gasteiger partial charge on any atom is 0.322 e. The molecule has 3 aliphatic rings. The predicted molar refractivity (Wildman–Crippen MR) is 137 cm³/mol. The summed E-state index contributed by atoms with van der Waals surface area (Å²) in [7, 11) is 5.85. The molecule has 2 aromatic carbocycles. The van der Waals surface area contributed by atoms with Crippen molar-refractivity contribution in [3.05, 3.63) is 53.6 Å². The number of rotatable bonds is 4. The molecular formula is C26H33BN4O3. The molecule has 0 radical (unpaired) electrons. The van der Waals surface area contributed by atoms with Crippen LogP contribution in [0.5, 0.6) is 0 Å². The number of hydrogen-bond acceptors (Lipinski definition) is 4. The van der Waals surface area contributed by atoms with E-state index in [2.05, 4.69) is 34.7 Å². The summed E-state index contributed by atoms with van der Waals surface area (Å²) >= 11 is 0. The Morgan fingerprint density at radius 2 is 1.79 bits per heavy atom. The van der Waals surface area contributed by atoms with Crippen LogP contribution in [0.4, 0.5) is 16.2 Å². The van der Waals surface area contributed by atoms with Gasteiger partial charge in [-0.3, -0.25) is 4.79 Å². The van der Waals surface area contributed by atoms with Crippen molar-refractivity contribution in [3.63, 3.8) is 0 Å². The molecular weight excluding hydrogens is 427 g/mol. The van der Waals surface area contributed by atoms with Gasteiger partial charge in [0.05, 0.1) is 6.10 Å². The Morgan fingerprint density at radius 3 is 2.50 bits per heavy atom. The number of amides is 3. The molecule has 2 N–H and O–H groups in total. The maximum absolute atomic E-state index is 13.3. The summed E-state index contributed by atoms with van der Waals surface area (Å²) in [6, 6.07) is 13.0. The molecule has 2 aliphatic heterocycles. The third-order valence-electron chi connectivity index (χ3n) is 7.81. The molecule has 2 aromatic rings. The fourth-order valence-electron chi connectivity index (χ4n) is 5.33. The zero-order chi connectivity index (χ0) is 23.9. The van der Waals surface area contributed by atoms with Crippen LogP contribution in [0.25, 0.3) is 0 Å². The molecule has 1 saturated heterocycles. The van der Waals surface area contributed by atoms with Gasteiger partial charge in [-0.05, 0) is 68.1 Å². The van der Waals surface area contributed by atoms with Crippen LogP contribution in [-0.2, 0) is 22.4 Å². The molecule has 3 amide bonds. The number of nitrogens with zero attached hydrogens (tertiary/aromatic N) is 2. The van der Waals surface area contributed by atoms with Gasteiger partial charge in [-0.1, -0.05) is 23.7 Å². The van der Waals surface area contributed by atoms with E-state index in [0.29, 0.717) is 24.2 Å². The van der Waals surface area contributed by atoms with Crippen LogP contribution in [0.1, 0.15) is 30.4 Å². The first-order valence-corrected chi connectivity index (χ1v) is 12.2. The highest BCUT2D eigenvalue weighted by Crippen LogP contribution is 2.45. The quantitative estimate of drug-likeness (QED) is 0.683. The van der Waals surface area contributed by atoms with Crippen molar-refractivity contribution < 1.29 is 14.3 Å². The van der Waals surface area contributed by atoms with E-state index in [-0.39, 0.29) is 18.0 Å². The van der Waals surface area contributed by atoms with Crippen LogP contribution in [0.15, 0.2) is 42.5 Å². The molecule has 34 heavy (non-hydrogen) atoms. The number of fused-ring (bicyclic) bond motifs is 1. The number of carbonyl (C=O) groups excluding carboxylic acids is 2. The zero-order valence-corrected chi connectivity index (χ0v) is 20.3. The van der Waals surface area contributed by atoms with Crippen molar-refractivity contribution in [2.75, 3.05) is 37.9 Å². The smallest absolute Gasteiger partial charge is 0.322 e. The summed E-state index contributed by atoms with van der Waals surface area (Å²) in [5, 5.41) is 5.99. The summed E-state index contributed by atoms with van der Waals surface area (Å²) in [5.41, 5.74) is 5.66. The monoisotopic (exact) mass is 460 g/mol. The minimum absolute atomic E-state index is 0.170. The van der Waals surface area contributed by atoms with Crippen molar-refractivity contribution in [2.45, 2.75) is 49.8 Å². The summed E-state index contributed by atoms with van der Waals surface area (Å²) < 4.78 is 5.51. The second-order valence-electron chi connectivity index (χ2n) is 10.1. The van der Waals surface area contributed by atoms with E-state index >= 15 is 0 Å². The standard InChI is InChI=1S/C26H33BN4O3/c1-30-12-9-17-13-21(6-3-18(17)15-26(30)10-11-26)28-24(32)23-14-22(34-2)16-31(23)25(33)29-20-7-4-19(27)5-8-20/h3-8,13,22-23H,9-12,14-16,27H2,1-2H3,(H,28,32)(H,29,33). The fourth-order valence-corrected chi connectivity index (χ4v) is 5.33. The van der Waals surface area contributed by atoms with Crippen LogP contribution in [-0.4, -0.2) is 74.5 Å². The van der Waals surface area contributed by atoms with Gasteiger partial charge in [0, 0.05) is 43.5 Å². The number of ether oxygens (including phenoxy) is 1. The Hall–Kier alpha value is -2.84. The van der Waals surface area contributed by atoms with E-state index < -0.39 is 6.04 Å². The van der Waals surface area contributed by atoms with E-state index in [9.17, 15) is 9.59 Å². The summed E-state index contributed by atoms with van der Waals surface area (Å²) in [5.74, 6) is -0.178. The molecule has 178 valence electrons. The Bertz CT molecular complexity index is 1090. The average molecular weight is 460 g/mol. The summed E-state index contributed by atoms with van der Waals surface area (Å²) in [6.45, 7) is 1.42. The Labute approximate surface area is 202 Å². The van der Waals surface area contributed by atoms with E-state index in [0.717, 1.165) is 30.5 Å². The number of urea groups is 1. The van der Waals surface area contributed by atoms with E-state index in [1.54, 1.807) is 12.0 Å². The van der Waals surface area contributed by atoms with Gasteiger partial charge in [-0.2, -0.15) is 0 Å². The highest BCUT2D eigenvalue weighted by Gasteiger charge is 2.47. The predicted octanol–water partition coefficient (Wildman–Crippen LogP) is 1.77.